The Labute approximate surface area is 289 Å². The molecule has 258 valence electrons. The molecule has 0 atom stereocenters. The van der Waals surface area contributed by atoms with E-state index in [1.165, 1.54) is 12.1 Å². The number of rotatable bonds is 6. The Bertz CT molecular complexity index is 2150. The van der Waals surface area contributed by atoms with Crippen LogP contribution in [-0.4, -0.2) is 0 Å². The van der Waals surface area contributed by atoms with Gasteiger partial charge in [-0.05, 0) is 83.6 Å². The van der Waals surface area contributed by atoms with Gasteiger partial charge >= 0.3 is 12.4 Å². The van der Waals surface area contributed by atoms with Crippen molar-refractivity contribution in [3.05, 3.63) is 166 Å². The van der Waals surface area contributed by atoms with Crippen molar-refractivity contribution >= 4 is 11.4 Å². The van der Waals surface area contributed by atoms with Crippen LogP contribution < -0.4 is 20.9 Å². The molecule has 0 aliphatic heterocycles. The molecule has 7 rings (SSSR count). The van der Waals surface area contributed by atoms with Crippen LogP contribution in [0.1, 0.15) is 44.5 Å². The van der Waals surface area contributed by atoms with Crippen LogP contribution in [-0.2, 0) is 17.8 Å². The molecule has 0 saturated heterocycles. The first-order valence-electron chi connectivity index (χ1n) is 15.9. The molecule has 1 aliphatic carbocycles. The van der Waals surface area contributed by atoms with Gasteiger partial charge in [0.25, 0.3) is 0 Å². The fourth-order valence-corrected chi connectivity index (χ4v) is 6.98. The number of para-hydroxylation sites is 2. The molecule has 4 nitrogen and oxygen atoms in total. The van der Waals surface area contributed by atoms with Gasteiger partial charge in [0.05, 0.1) is 27.9 Å². The average molecular weight is 697 g/mol. The summed E-state index contributed by atoms with van der Waals surface area (Å²) in [7, 11) is 0. The monoisotopic (exact) mass is 696 g/mol. The highest BCUT2D eigenvalue weighted by Crippen LogP contribution is 2.61. The largest absolute Gasteiger partial charge is 0.455 e. The van der Waals surface area contributed by atoms with Crippen LogP contribution in [0, 0.1) is 13.8 Å². The van der Waals surface area contributed by atoms with Crippen LogP contribution in [0.4, 0.5) is 37.7 Å². The predicted molar refractivity (Wildman–Crippen MR) is 185 cm³/mol. The summed E-state index contributed by atoms with van der Waals surface area (Å²) in [6.45, 7) is 3.66. The molecule has 0 unspecified atom stereocenters. The number of nitrogens with two attached hydrogens (primary N) is 2. The molecule has 0 radical (unpaired) electrons. The fraction of sp³-hybridized carbons (Fsp3) is 0.122. The molecule has 0 spiro atoms. The minimum Gasteiger partial charge on any atom is -0.455 e. The molecule has 0 saturated carbocycles. The topological polar surface area (TPSA) is 70.5 Å². The fourth-order valence-electron chi connectivity index (χ4n) is 6.98. The molecule has 0 bridgehead atoms. The number of fused-ring (bicyclic) bond motifs is 3. The van der Waals surface area contributed by atoms with Crippen LogP contribution in [0.3, 0.4) is 0 Å². The maximum absolute atomic E-state index is 13.5. The lowest BCUT2D eigenvalue weighted by atomic mass is 9.66. The maximum Gasteiger partial charge on any atom is 0.416 e. The van der Waals surface area contributed by atoms with E-state index in [9.17, 15) is 26.3 Å². The summed E-state index contributed by atoms with van der Waals surface area (Å²) in [6.07, 6.45) is -9.19. The Balaban J connectivity index is 1.51. The Morgan fingerprint density at radius 3 is 1.22 bits per heavy atom. The molecule has 0 fully saturated rings. The first-order chi connectivity index (χ1) is 24.2. The molecule has 0 heterocycles. The molecule has 51 heavy (non-hydrogen) atoms. The highest BCUT2D eigenvalue weighted by atomic mass is 19.4. The van der Waals surface area contributed by atoms with Crippen LogP contribution in [0.5, 0.6) is 23.0 Å². The Kier molecular flexibility index (Phi) is 8.00. The van der Waals surface area contributed by atoms with Gasteiger partial charge in [-0.2, -0.15) is 26.3 Å². The summed E-state index contributed by atoms with van der Waals surface area (Å²) in [5, 5.41) is 0. The summed E-state index contributed by atoms with van der Waals surface area (Å²) in [6, 6.07) is 32.7. The number of aryl methyl sites for hydroxylation is 2. The minimum atomic E-state index is -4.60. The van der Waals surface area contributed by atoms with Gasteiger partial charge < -0.3 is 20.9 Å². The van der Waals surface area contributed by atoms with E-state index in [1.54, 1.807) is 0 Å². The van der Waals surface area contributed by atoms with Crippen molar-refractivity contribution in [2.75, 3.05) is 11.5 Å². The second-order valence-corrected chi connectivity index (χ2v) is 12.4. The molecule has 0 amide bonds. The normalized spacial score (nSPS) is 13.4. The highest BCUT2D eigenvalue weighted by Gasteiger charge is 2.50. The molecule has 4 N–H and O–H groups in total. The number of halogens is 6. The molecule has 1 aliphatic rings. The third kappa shape index (κ3) is 5.60. The van der Waals surface area contributed by atoms with Crippen LogP contribution >= 0.6 is 0 Å². The standard InChI is InChI=1S/C41H30F6N2O2/c1-23-9-7-15-31(37(23)50-35-19-17-25(21-33(35)48)40(42,43)44)39(29-13-5-3-11-27(29)28-12-4-6-14-30(28)39)32-16-8-10-24(2)38(32)51-36-20-18-26(22-34(36)49)41(45,46)47/h3-22H,48-49H2,1-2H3. The summed E-state index contributed by atoms with van der Waals surface area (Å²) in [5.74, 6) is 0.784. The van der Waals surface area contributed by atoms with Gasteiger partial charge in [0.1, 0.15) is 23.0 Å². The number of benzene rings is 6. The smallest absolute Gasteiger partial charge is 0.416 e. The molecule has 6 aromatic rings. The van der Waals surface area contributed by atoms with E-state index >= 15 is 0 Å². The Morgan fingerprint density at radius 1 is 0.471 bits per heavy atom. The predicted octanol–water partition coefficient (Wildman–Crippen LogP) is 11.5. The highest BCUT2D eigenvalue weighted by molar-refractivity contribution is 5.88. The summed E-state index contributed by atoms with van der Waals surface area (Å²) < 4.78 is 94.3. The van der Waals surface area contributed by atoms with Crippen LogP contribution in [0.15, 0.2) is 121 Å². The summed E-state index contributed by atoms with van der Waals surface area (Å²) in [4.78, 5) is 0. The van der Waals surface area contributed by atoms with Crippen molar-refractivity contribution in [3.8, 4) is 34.1 Å². The lowest BCUT2D eigenvalue weighted by Gasteiger charge is -2.37. The van der Waals surface area contributed by atoms with Crippen molar-refractivity contribution in [2.24, 2.45) is 0 Å². The number of hydrogen-bond donors (Lipinski definition) is 2. The van der Waals surface area contributed by atoms with E-state index in [0.29, 0.717) is 33.8 Å². The lowest BCUT2D eigenvalue weighted by molar-refractivity contribution is -0.138. The number of anilines is 2. The van der Waals surface area contributed by atoms with Crippen molar-refractivity contribution < 1.29 is 35.8 Å². The number of nitrogen functional groups attached to an aromatic ring is 2. The van der Waals surface area contributed by atoms with Gasteiger partial charge in [-0.1, -0.05) is 84.9 Å². The van der Waals surface area contributed by atoms with Gasteiger partial charge in [0.2, 0.25) is 0 Å². The number of alkyl halides is 6. The van der Waals surface area contributed by atoms with E-state index in [0.717, 1.165) is 46.5 Å². The molecule has 10 heteroatoms. The van der Waals surface area contributed by atoms with Crippen molar-refractivity contribution in [2.45, 2.75) is 31.6 Å². The Morgan fingerprint density at radius 2 is 0.843 bits per heavy atom. The molecule has 6 aromatic carbocycles. The number of hydrogen-bond acceptors (Lipinski definition) is 4. The summed E-state index contributed by atoms with van der Waals surface area (Å²) >= 11 is 0. The lowest BCUT2D eigenvalue weighted by Crippen LogP contribution is -2.30. The van der Waals surface area contributed by atoms with Crippen molar-refractivity contribution in [1.29, 1.82) is 0 Å². The Hall–Kier alpha value is -5.90. The van der Waals surface area contributed by atoms with Crippen molar-refractivity contribution in [1.82, 2.24) is 0 Å². The SMILES string of the molecule is Cc1cccc(C2(c3cccc(C)c3Oc3ccc(C(F)(F)F)cc3N)c3ccccc3-c3ccccc32)c1Oc1ccc(C(F)(F)F)cc1N. The van der Waals surface area contributed by atoms with Gasteiger partial charge in [-0.25, -0.2) is 0 Å². The third-order valence-corrected chi connectivity index (χ3v) is 9.28. The van der Waals surface area contributed by atoms with Gasteiger partial charge in [0.15, 0.2) is 0 Å². The van der Waals surface area contributed by atoms with E-state index in [-0.39, 0.29) is 22.9 Å². The second-order valence-electron chi connectivity index (χ2n) is 12.4. The van der Waals surface area contributed by atoms with E-state index in [4.69, 9.17) is 20.9 Å². The average Bonchev–Trinajstić information content (AvgIpc) is 3.38. The zero-order chi connectivity index (χ0) is 36.3. The molecule has 0 aromatic heterocycles. The third-order valence-electron chi connectivity index (χ3n) is 9.28. The van der Waals surface area contributed by atoms with Crippen molar-refractivity contribution in [3.63, 3.8) is 0 Å². The van der Waals surface area contributed by atoms with E-state index in [2.05, 4.69) is 0 Å². The van der Waals surface area contributed by atoms with Crippen LogP contribution in [0.25, 0.3) is 11.1 Å². The van der Waals surface area contributed by atoms with Gasteiger partial charge in [-0.3, -0.25) is 0 Å². The molecular formula is C41H30F6N2O2. The van der Waals surface area contributed by atoms with Crippen LogP contribution in [0.2, 0.25) is 0 Å². The minimum absolute atomic E-state index is 0.0338. The molecular weight excluding hydrogens is 666 g/mol. The quantitative estimate of drug-likeness (QED) is 0.134. The zero-order valence-electron chi connectivity index (χ0n) is 27.3. The second kappa shape index (κ2) is 12.2. The van der Waals surface area contributed by atoms with Gasteiger partial charge in [-0.15, -0.1) is 0 Å². The van der Waals surface area contributed by atoms with E-state index in [1.807, 2.05) is 98.8 Å². The first-order valence-corrected chi connectivity index (χ1v) is 15.9. The number of ether oxygens (including phenoxy) is 2. The maximum atomic E-state index is 13.5. The summed E-state index contributed by atoms with van der Waals surface area (Å²) in [5.41, 5.74) is 15.2. The zero-order valence-corrected chi connectivity index (χ0v) is 27.3. The first kappa shape index (κ1) is 33.6. The van der Waals surface area contributed by atoms with Gasteiger partial charge in [0, 0.05) is 11.1 Å². The van der Waals surface area contributed by atoms with E-state index < -0.39 is 28.9 Å².